The summed E-state index contributed by atoms with van der Waals surface area (Å²) in [5, 5.41) is 26.8. The second-order valence-electron chi connectivity index (χ2n) is 5.90. The monoisotopic (exact) mass is 444 g/mol. The van der Waals surface area contributed by atoms with Crippen LogP contribution in [-0.2, 0) is 12.4 Å². The molecule has 12 heteroatoms. The zero-order valence-electron chi connectivity index (χ0n) is 15.2. The third kappa shape index (κ3) is 4.93. The fourth-order valence-electron chi connectivity index (χ4n) is 2.37. The second kappa shape index (κ2) is 8.93. The number of H-pyrrole nitrogens is 1. The summed E-state index contributed by atoms with van der Waals surface area (Å²) < 4.78 is 11.2. The highest BCUT2D eigenvalue weighted by molar-refractivity contribution is 7.98. The summed E-state index contributed by atoms with van der Waals surface area (Å²) in [6, 6.07) is 12.9. The number of nitro groups is 1. The average molecular weight is 445 g/mol. The first-order valence-corrected chi connectivity index (χ1v) is 9.93. The summed E-state index contributed by atoms with van der Waals surface area (Å²) in [6.07, 6.45) is 0. The molecule has 0 aliphatic heterocycles. The van der Waals surface area contributed by atoms with Gasteiger partial charge < -0.3 is 9.15 Å². The van der Waals surface area contributed by atoms with Gasteiger partial charge in [-0.1, -0.05) is 23.4 Å². The Morgan fingerprint density at radius 1 is 1.13 bits per heavy atom. The molecular weight excluding hydrogens is 432 g/mol. The van der Waals surface area contributed by atoms with Crippen LogP contribution in [-0.4, -0.2) is 30.3 Å². The lowest BCUT2D eigenvalue weighted by atomic mass is 10.2. The SMILES string of the molecule is O=[N+]([O-])c1ccc(-c2nnc(CSc3n[nH]c(COc4ccc(Cl)cc4)n3)o2)cc1. The molecule has 10 nitrogen and oxygen atoms in total. The van der Waals surface area contributed by atoms with Gasteiger partial charge in [0.05, 0.1) is 10.7 Å². The van der Waals surface area contributed by atoms with Crippen molar-refractivity contribution in [3.63, 3.8) is 0 Å². The van der Waals surface area contributed by atoms with Gasteiger partial charge in [-0.25, -0.2) is 4.98 Å². The molecule has 152 valence electrons. The normalized spacial score (nSPS) is 10.8. The van der Waals surface area contributed by atoms with E-state index in [1.54, 1.807) is 36.4 Å². The molecule has 0 spiro atoms. The molecule has 2 aromatic carbocycles. The lowest BCUT2D eigenvalue weighted by Crippen LogP contribution is -1.97. The highest BCUT2D eigenvalue weighted by Gasteiger charge is 2.13. The molecule has 0 aliphatic rings. The van der Waals surface area contributed by atoms with Crippen molar-refractivity contribution in [1.29, 1.82) is 0 Å². The van der Waals surface area contributed by atoms with E-state index in [0.717, 1.165) is 0 Å². The molecule has 0 aliphatic carbocycles. The predicted molar refractivity (Wildman–Crippen MR) is 108 cm³/mol. The van der Waals surface area contributed by atoms with Gasteiger partial charge in [0.25, 0.3) is 5.69 Å². The fraction of sp³-hybridized carbons (Fsp3) is 0.111. The van der Waals surface area contributed by atoms with Crippen molar-refractivity contribution in [2.24, 2.45) is 0 Å². The molecule has 4 rings (SSSR count). The molecule has 0 fully saturated rings. The van der Waals surface area contributed by atoms with Crippen molar-refractivity contribution in [2.75, 3.05) is 0 Å². The van der Waals surface area contributed by atoms with Crippen LogP contribution in [0.1, 0.15) is 11.7 Å². The minimum atomic E-state index is -0.467. The fourth-order valence-corrected chi connectivity index (χ4v) is 3.15. The summed E-state index contributed by atoms with van der Waals surface area (Å²) in [5.74, 6) is 2.29. The molecular formula is C18H13ClN6O4S. The summed E-state index contributed by atoms with van der Waals surface area (Å²) >= 11 is 7.16. The van der Waals surface area contributed by atoms with E-state index in [2.05, 4.69) is 25.4 Å². The van der Waals surface area contributed by atoms with Gasteiger partial charge in [0.15, 0.2) is 5.82 Å². The molecule has 0 bridgehead atoms. The molecule has 0 amide bonds. The van der Waals surface area contributed by atoms with Crippen molar-refractivity contribution in [3.05, 3.63) is 75.4 Å². The number of hydrogen-bond acceptors (Lipinski definition) is 9. The molecule has 0 saturated heterocycles. The number of rotatable bonds is 8. The van der Waals surface area contributed by atoms with E-state index in [1.807, 2.05) is 0 Å². The Balaban J connectivity index is 1.31. The Bertz CT molecular complexity index is 1150. The molecule has 0 radical (unpaired) electrons. The van der Waals surface area contributed by atoms with Crippen LogP contribution in [0.25, 0.3) is 11.5 Å². The Labute approximate surface area is 178 Å². The van der Waals surface area contributed by atoms with Crippen LogP contribution in [0, 0.1) is 10.1 Å². The molecule has 0 saturated carbocycles. The second-order valence-corrected chi connectivity index (χ2v) is 7.28. The summed E-state index contributed by atoms with van der Waals surface area (Å²) in [5.41, 5.74) is 0.596. The number of hydrogen-bond donors (Lipinski definition) is 1. The molecule has 2 heterocycles. The first-order chi connectivity index (χ1) is 14.6. The Morgan fingerprint density at radius 2 is 1.90 bits per heavy atom. The topological polar surface area (TPSA) is 133 Å². The lowest BCUT2D eigenvalue weighted by molar-refractivity contribution is -0.384. The first-order valence-electron chi connectivity index (χ1n) is 8.56. The minimum absolute atomic E-state index is 0.00510. The Morgan fingerprint density at radius 3 is 2.63 bits per heavy atom. The van der Waals surface area contributed by atoms with Gasteiger partial charge in [-0.05, 0) is 36.4 Å². The number of aromatic amines is 1. The third-order valence-electron chi connectivity index (χ3n) is 3.82. The van der Waals surface area contributed by atoms with E-state index in [1.165, 1.54) is 23.9 Å². The van der Waals surface area contributed by atoms with Crippen molar-refractivity contribution in [2.45, 2.75) is 17.5 Å². The highest BCUT2D eigenvalue weighted by atomic mass is 35.5. The number of nitrogens with one attached hydrogen (secondary N) is 1. The van der Waals surface area contributed by atoms with E-state index >= 15 is 0 Å². The number of non-ortho nitro benzene ring substituents is 1. The standard InChI is InChI=1S/C18H13ClN6O4S/c19-12-3-7-14(8-4-12)28-9-15-20-18(24-21-15)30-10-16-22-23-17(29-16)11-1-5-13(6-2-11)25(26)27/h1-8H,9-10H2,(H,20,21,24). The number of nitro benzene ring substituents is 1. The van der Waals surface area contributed by atoms with Crippen LogP contribution in [0.2, 0.25) is 5.02 Å². The van der Waals surface area contributed by atoms with Gasteiger partial charge in [-0.15, -0.1) is 15.3 Å². The van der Waals surface area contributed by atoms with Crippen molar-refractivity contribution in [3.8, 4) is 17.2 Å². The third-order valence-corrected chi connectivity index (χ3v) is 4.90. The summed E-state index contributed by atoms with van der Waals surface area (Å²) in [4.78, 5) is 14.6. The van der Waals surface area contributed by atoms with Gasteiger partial charge in [-0.2, -0.15) is 0 Å². The molecule has 4 aromatic rings. The van der Waals surface area contributed by atoms with Crippen LogP contribution in [0.5, 0.6) is 5.75 Å². The van der Waals surface area contributed by atoms with E-state index < -0.39 is 4.92 Å². The van der Waals surface area contributed by atoms with Gasteiger partial charge in [0.2, 0.25) is 16.9 Å². The smallest absolute Gasteiger partial charge is 0.269 e. The average Bonchev–Trinajstić information content (AvgIpc) is 3.41. The molecule has 0 unspecified atom stereocenters. The molecule has 0 atom stereocenters. The zero-order chi connectivity index (χ0) is 20.9. The summed E-state index contributed by atoms with van der Waals surface area (Å²) in [7, 11) is 0. The maximum Gasteiger partial charge on any atom is 0.269 e. The predicted octanol–water partition coefficient (Wildman–Crippen LogP) is 4.29. The molecule has 1 N–H and O–H groups in total. The molecule has 2 aromatic heterocycles. The van der Waals surface area contributed by atoms with Gasteiger partial charge in [-0.3, -0.25) is 15.2 Å². The van der Waals surface area contributed by atoms with Crippen molar-refractivity contribution < 1.29 is 14.1 Å². The van der Waals surface area contributed by atoms with Crippen LogP contribution in [0.4, 0.5) is 5.69 Å². The maximum absolute atomic E-state index is 10.7. The lowest BCUT2D eigenvalue weighted by Gasteiger charge is -2.02. The first kappa shape index (κ1) is 19.9. The van der Waals surface area contributed by atoms with E-state index in [0.29, 0.717) is 39.0 Å². The van der Waals surface area contributed by atoms with Crippen LogP contribution in [0.15, 0.2) is 58.1 Å². The van der Waals surface area contributed by atoms with Gasteiger partial charge in [0.1, 0.15) is 12.4 Å². The Kier molecular flexibility index (Phi) is 5.91. The van der Waals surface area contributed by atoms with Crippen LogP contribution >= 0.6 is 23.4 Å². The largest absolute Gasteiger partial charge is 0.486 e. The zero-order valence-corrected chi connectivity index (χ0v) is 16.8. The van der Waals surface area contributed by atoms with Crippen LogP contribution in [0.3, 0.4) is 0 Å². The van der Waals surface area contributed by atoms with Crippen LogP contribution < -0.4 is 4.74 Å². The number of halogens is 1. The highest BCUT2D eigenvalue weighted by Crippen LogP contribution is 2.24. The van der Waals surface area contributed by atoms with Crippen molar-refractivity contribution in [1.82, 2.24) is 25.4 Å². The van der Waals surface area contributed by atoms with E-state index in [-0.39, 0.29) is 18.2 Å². The van der Waals surface area contributed by atoms with Gasteiger partial charge >= 0.3 is 0 Å². The number of ether oxygens (including phenoxy) is 1. The number of nitrogens with zero attached hydrogens (tertiary/aromatic N) is 5. The quantitative estimate of drug-likeness (QED) is 0.240. The van der Waals surface area contributed by atoms with E-state index in [4.69, 9.17) is 20.8 Å². The number of benzene rings is 2. The van der Waals surface area contributed by atoms with Crippen molar-refractivity contribution >= 4 is 29.1 Å². The minimum Gasteiger partial charge on any atom is -0.486 e. The molecule has 30 heavy (non-hydrogen) atoms. The maximum atomic E-state index is 10.7. The van der Waals surface area contributed by atoms with Gasteiger partial charge in [0, 0.05) is 22.7 Å². The number of thioether (sulfide) groups is 1. The summed E-state index contributed by atoms with van der Waals surface area (Å²) in [6.45, 7) is 0.236. The number of aromatic nitrogens is 5. The Hall–Kier alpha value is -3.44. The van der Waals surface area contributed by atoms with E-state index in [9.17, 15) is 10.1 Å².